The maximum absolute atomic E-state index is 12.4. The van der Waals surface area contributed by atoms with Crippen molar-refractivity contribution < 1.29 is 14.3 Å². The van der Waals surface area contributed by atoms with Gasteiger partial charge in [-0.2, -0.15) is 0 Å². The van der Waals surface area contributed by atoms with Gasteiger partial charge in [-0.05, 0) is 50.3 Å². The van der Waals surface area contributed by atoms with Crippen LogP contribution in [0.5, 0.6) is 5.88 Å². The van der Waals surface area contributed by atoms with Crippen molar-refractivity contribution in [3.05, 3.63) is 70.2 Å². The number of ether oxygens (including phenoxy) is 2. The van der Waals surface area contributed by atoms with Gasteiger partial charge in [-0.3, -0.25) is 4.79 Å². The number of hydrogen-bond acceptors (Lipinski definition) is 4. The Morgan fingerprint density at radius 2 is 1.97 bits per heavy atom. The van der Waals surface area contributed by atoms with E-state index in [1.54, 1.807) is 36.4 Å². The predicted molar refractivity (Wildman–Crippen MR) is 121 cm³/mol. The smallest absolute Gasteiger partial charge is 0.290 e. The quantitative estimate of drug-likeness (QED) is 0.272. The second kappa shape index (κ2) is 9.69. The van der Waals surface area contributed by atoms with Crippen LogP contribution >= 0.6 is 23.2 Å². The van der Waals surface area contributed by atoms with E-state index in [1.807, 2.05) is 26.0 Å². The molecule has 0 radical (unpaired) electrons. The zero-order valence-electron chi connectivity index (χ0n) is 16.7. The molecule has 1 aromatic carbocycles. The summed E-state index contributed by atoms with van der Waals surface area (Å²) in [7, 11) is 1.43. The van der Waals surface area contributed by atoms with E-state index in [4.69, 9.17) is 32.7 Å². The molecule has 0 atom stereocenters. The number of aromatic nitrogens is 2. The molecule has 0 aliphatic rings. The molecule has 3 rings (SSSR count). The highest BCUT2D eigenvalue weighted by molar-refractivity contribution is 6.42. The van der Waals surface area contributed by atoms with Crippen molar-refractivity contribution in [1.82, 2.24) is 9.97 Å². The third-order valence-corrected chi connectivity index (χ3v) is 4.72. The first-order chi connectivity index (χ1) is 14.4. The van der Waals surface area contributed by atoms with Crippen molar-refractivity contribution in [3.63, 3.8) is 0 Å². The third-order valence-electron chi connectivity index (χ3n) is 4.00. The number of benzene rings is 1. The number of allylic oxidation sites excluding steroid dienone is 2. The number of halogens is 2. The van der Waals surface area contributed by atoms with Crippen molar-refractivity contribution in [2.24, 2.45) is 0 Å². The average molecular weight is 446 g/mol. The maximum atomic E-state index is 12.4. The molecule has 0 saturated carbocycles. The fraction of sp³-hybridized carbons (Fsp3) is 0.182. The number of carbonyl (C=O) groups is 1. The molecule has 2 aromatic heterocycles. The zero-order chi connectivity index (χ0) is 21.7. The van der Waals surface area contributed by atoms with E-state index in [-0.39, 0.29) is 11.9 Å². The van der Waals surface area contributed by atoms with Crippen molar-refractivity contribution >= 4 is 51.8 Å². The number of amides is 1. The summed E-state index contributed by atoms with van der Waals surface area (Å²) in [5, 5.41) is 4.65. The predicted octanol–water partition coefficient (Wildman–Crippen LogP) is 5.84. The molecular formula is C22H21Cl2N3O3. The molecule has 2 heterocycles. The van der Waals surface area contributed by atoms with Crippen LogP contribution in [0.25, 0.3) is 17.0 Å². The number of aromatic amines is 1. The number of nitrogens with zero attached hydrogens (tertiary/aromatic N) is 1. The summed E-state index contributed by atoms with van der Waals surface area (Å²) in [4.78, 5) is 19.8. The van der Waals surface area contributed by atoms with Gasteiger partial charge in [0.05, 0.1) is 35.1 Å². The number of carbonyl (C=O) groups excluding carboxylic acids is 1. The van der Waals surface area contributed by atoms with Crippen molar-refractivity contribution in [1.29, 1.82) is 0 Å². The highest BCUT2D eigenvalue weighted by Gasteiger charge is 2.10. The monoisotopic (exact) mass is 445 g/mol. The summed E-state index contributed by atoms with van der Waals surface area (Å²) < 4.78 is 10.7. The molecule has 156 valence electrons. The lowest BCUT2D eigenvalue weighted by Crippen LogP contribution is -2.15. The molecule has 0 aliphatic heterocycles. The van der Waals surface area contributed by atoms with Gasteiger partial charge in [0, 0.05) is 22.7 Å². The molecule has 0 bridgehead atoms. The molecule has 0 spiro atoms. The standard InChI is InChI=1S/C22H21Cl2N3O3/c1-13(2)30-21-8-7-16(12-25-21)27-22(28)20(29-3)6-4-5-15-9-14-10-17(23)18(24)11-19(14)26-15/h4-13,26H,1-3H3,(H,27,28). The van der Waals surface area contributed by atoms with Crippen LogP contribution in [0.2, 0.25) is 10.0 Å². The molecular weight excluding hydrogens is 425 g/mol. The minimum absolute atomic E-state index is 0.0268. The van der Waals surface area contributed by atoms with Gasteiger partial charge in [0.25, 0.3) is 5.91 Å². The Balaban J connectivity index is 1.68. The van der Waals surface area contributed by atoms with E-state index >= 15 is 0 Å². The number of pyridine rings is 1. The van der Waals surface area contributed by atoms with Crippen LogP contribution < -0.4 is 10.1 Å². The second-order valence-electron chi connectivity index (χ2n) is 6.68. The maximum Gasteiger partial charge on any atom is 0.290 e. The lowest BCUT2D eigenvalue weighted by Gasteiger charge is -2.10. The Morgan fingerprint density at radius 3 is 2.63 bits per heavy atom. The molecule has 30 heavy (non-hydrogen) atoms. The van der Waals surface area contributed by atoms with Crippen LogP contribution in [0.15, 0.2) is 54.4 Å². The summed E-state index contributed by atoms with van der Waals surface area (Å²) in [5.74, 6) is 0.252. The molecule has 0 saturated heterocycles. The van der Waals surface area contributed by atoms with Crippen LogP contribution in [-0.2, 0) is 9.53 Å². The summed E-state index contributed by atoms with van der Waals surface area (Å²) in [5.41, 5.74) is 2.24. The molecule has 6 nitrogen and oxygen atoms in total. The largest absolute Gasteiger partial charge is 0.491 e. The molecule has 1 amide bonds. The van der Waals surface area contributed by atoms with Gasteiger partial charge in [0.2, 0.25) is 5.88 Å². The highest BCUT2D eigenvalue weighted by atomic mass is 35.5. The van der Waals surface area contributed by atoms with E-state index in [0.717, 1.165) is 16.6 Å². The van der Waals surface area contributed by atoms with E-state index in [9.17, 15) is 4.79 Å². The van der Waals surface area contributed by atoms with E-state index in [2.05, 4.69) is 15.3 Å². The Labute approximate surface area is 184 Å². The van der Waals surface area contributed by atoms with Gasteiger partial charge in [-0.15, -0.1) is 0 Å². The van der Waals surface area contributed by atoms with Gasteiger partial charge in [-0.1, -0.05) is 29.3 Å². The van der Waals surface area contributed by atoms with Gasteiger partial charge >= 0.3 is 0 Å². The number of anilines is 1. The minimum atomic E-state index is -0.392. The molecule has 0 aliphatic carbocycles. The SMILES string of the molecule is COC(=CC=Cc1cc2cc(Cl)c(Cl)cc2[nH]1)C(=O)Nc1ccc(OC(C)C)nc1. The van der Waals surface area contributed by atoms with Gasteiger partial charge in [-0.25, -0.2) is 4.98 Å². The van der Waals surface area contributed by atoms with Crippen LogP contribution in [-0.4, -0.2) is 29.1 Å². The summed E-state index contributed by atoms with van der Waals surface area (Å²) >= 11 is 12.1. The van der Waals surface area contributed by atoms with Crippen molar-refractivity contribution in [2.75, 3.05) is 12.4 Å². The number of fused-ring (bicyclic) bond motifs is 1. The van der Waals surface area contributed by atoms with Gasteiger partial charge in [0.15, 0.2) is 5.76 Å². The first-order valence-electron chi connectivity index (χ1n) is 9.20. The minimum Gasteiger partial charge on any atom is -0.491 e. The second-order valence-corrected chi connectivity index (χ2v) is 7.49. The Morgan fingerprint density at radius 1 is 1.20 bits per heavy atom. The number of H-pyrrole nitrogens is 1. The molecule has 8 heteroatoms. The van der Waals surface area contributed by atoms with Crippen LogP contribution in [0.4, 0.5) is 5.69 Å². The molecule has 0 fully saturated rings. The fourth-order valence-corrected chi connectivity index (χ4v) is 3.01. The number of hydrogen-bond donors (Lipinski definition) is 2. The summed E-state index contributed by atoms with van der Waals surface area (Å²) in [6, 6.07) is 8.90. The summed E-state index contributed by atoms with van der Waals surface area (Å²) in [6.07, 6.45) is 6.65. The molecule has 2 N–H and O–H groups in total. The molecule has 3 aromatic rings. The van der Waals surface area contributed by atoms with Crippen molar-refractivity contribution in [3.8, 4) is 5.88 Å². The fourth-order valence-electron chi connectivity index (χ4n) is 2.67. The van der Waals surface area contributed by atoms with Crippen molar-refractivity contribution in [2.45, 2.75) is 20.0 Å². The van der Waals surface area contributed by atoms with Crippen LogP contribution in [0.1, 0.15) is 19.5 Å². The third kappa shape index (κ3) is 5.55. The number of methoxy groups -OCH3 is 1. The lowest BCUT2D eigenvalue weighted by atomic mass is 10.2. The van der Waals surface area contributed by atoms with E-state index in [0.29, 0.717) is 21.6 Å². The zero-order valence-corrected chi connectivity index (χ0v) is 18.2. The highest BCUT2D eigenvalue weighted by Crippen LogP contribution is 2.28. The first kappa shape index (κ1) is 21.7. The topological polar surface area (TPSA) is 76.2 Å². The number of rotatable bonds is 7. The van der Waals surface area contributed by atoms with Crippen LogP contribution in [0.3, 0.4) is 0 Å². The first-order valence-corrected chi connectivity index (χ1v) is 9.95. The number of nitrogens with one attached hydrogen (secondary N) is 2. The van der Waals surface area contributed by atoms with E-state index < -0.39 is 5.91 Å². The van der Waals surface area contributed by atoms with Gasteiger partial charge in [0.1, 0.15) is 0 Å². The normalized spacial score (nSPS) is 12.0. The Kier molecular flexibility index (Phi) is 7.03. The molecule has 0 unspecified atom stereocenters. The average Bonchev–Trinajstić information content (AvgIpc) is 3.08. The Hall–Kier alpha value is -2.96. The summed E-state index contributed by atoms with van der Waals surface area (Å²) in [6.45, 7) is 3.83. The van der Waals surface area contributed by atoms with Crippen LogP contribution in [0, 0.1) is 0 Å². The van der Waals surface area contributed by atoms with E-state index in [1.165, 1.54) is 13.3 Å². The Bertz CT molecular complexity index is 1060. The lowest BCUT2D eigenvalue weighted by molar-refractivity contribution is -0.115. The van der Waals surface area contributed by atoms with Gasteiger partial charge < -0.3 is 19.8 Å².